The molecule has 2 aromatic rings. The van der Waals surface area contributed by atoms with Crippen LogP contribution in [0.25, 0.3) is 22.0 Å². The number of rotatable bonds is 3. The maximum absolute atomic E-state index is 12.6. The Labute approximate surface area is 159 Å². The fourth-order valence-electron chi connectivity index (χ4n) is 2.99. The molecular formula is C20H13N5OS. The van der Waals surface area contributed by atoms with E-state index in [4.69, 9.17) is 12.2 Å². The summed E-state index contributed by atoms with van der Waals surface area (Å²) in [6, 6.07) is 19.0. The fraction of sp³-hybridized carbons (Fsp3) is 0.0500. The molecule has 130 valence electrons. The van der Waals surface area contributed by atoms with E-state index in [1.807, 2.05) is 48.5 Å². The van der Waals surface area contributed by atoms with Crippen molar-refractivity contribution in [2.75, 3.05) is 0 Å². The zero-order chi connectivity index (χ0) is 18.8. The molecule has 0 atom stereocenters. The lowest BCUT2D eigenvalue weighted by atomic mass is 10.2. The molecule has 0 saturated carbocycles. The van der Waals surface area contributed by atoms with Gasteiger partial charge in [0.1, 0.15) is 11.6 Å². The Morgan fingerprint density at radius 2 is 1.81 bits per heavy atom. The second-order valence-electron chi connectivity index (χ2n) is 5.91. The van der Waals surface area contributed by atoms with Crippen molar-refractivity contribution in [2.45, 2.75) is 6.54 Å². The van der Waals surface area contributed by atoms with Gasteiger partial charge in [-0.1, -0.05) is 54.6 Å². The van der Waals surface area contributed by atoms with Gasteiger partial charge in [0.2, 0.25) is 0 Å². The van der Waals surface area contributed by atoms with Gasteiger partial charge in [0.15, 0.2) is 16.0 Å². The van der Waals surface area contributed by atoms with Crippen LogP contribution in [0.3, 0.4) is 0 Å². The summed E-state index contributed by atoms with van der Waals surface area (Å²) in [6.45, 7) is 0.546. The molecule has 0 bridgehead atoms. The summed E-state index contributed by atoms with van der Waals surface area (Å²) in [4.78, 5) is 17.0. The summed E-state index contributed by atoms with van der Waals surface area (Å²) in [5, 5.41) is 18.2. The molecule has 0 radical (unpaired) electrons. The first-order valence-corrected chi connectivity index (χ1v) is 8.63. The summed E-state index contributed by atoms with van der Waals surface area (Å²) >= 11 is 5.21. The van der Waals surface area contributed by atoms with Crippen molar-refractivity contribution in [3.63, 3.8) is 0 Å². The molecule has 0 amide bonds. The molecule has 0 spiro atoms. The maximum Gasteiger partial charge on any atom is 0.197 e. The van der Waals surface area contributed by atoms with Crippen LogP contribution in [0.15, 0.2) is 64.5 Å². The maximum atomic E-state index is 12.6. The van der Waals surface area contributed by atoms with Crippen molar-refractivity contribution in [2.24, 2.45) is 5.10 Å². The van der Waals surface area contributed by atoms with Gasteiger partial charge in [-0.2, -0.15) is 10.4 Å². The molecular weight excluding hydrogens is 358 g/mol. The van der Waals surface area contributed by atoms with E-state index in [-0.39, 0.29) is 16.5 Å². The largest absolute Gasteiger partial charge is 0.357 e. The average Bonchev–Trinajstić information content (AvgIpc) is 3.21. The number of nitrogens with one attached hydrogen (secondary N) is 2. The number of fused-ring (bicyclic) bond motifs is 3. The highest BCUT2D eigenvalue weighted by Crippen LogP contribution is 2.28. The smallest absolute Gasteiger partial charge is 0.197 e. The van der Waals surface area contributed by atoms with Crippen LogP contribution >= 0.6 is 12.2 Å². The van der Waals surface area contributed by atoms with Crippen LogP contribution < -0.4 is 21.7 Å². The highest BCUT2D eigenvalue weighted by molar-refractivity contribution is 7.80. The third-order valence-electron chi connectivity index (χ3n) is 4.25. The van der Waals surface area contributed by atoms with E-state index in [2.05, 4.69) is 20.8 Å². The summed E-state index contributed by atoms with van der Waals surface area (Å²) < 4.78 is 0. The van der Waals surface area contributed by atoms with Crippen LogP contribution in [0.4, 0.5) is 0 Å². The Kier molecular flexibility index (Phi) is 4.32. The quantitative estimate of drug-likeness (QED) is 0.422. The fourth-order valence-corrected chi connectivity index (χ4v) is 3.11. The summed E-state index contributed by atoms with van der Waals surface area (Å²) in [5.41, 5.74) is 4.69. The Morgan fingerprint density at radius 3 is 2.56 bits per heavy atom. The number of hydrogen-bond donors (Lipinski definition) is 2. The number of nitriles is 1. The second kappa shape index (κ2) is 6.94. The van der Waals surface area contributed by atoms with E-state index in [0.717, 1.165) is 10.9 Å². The first kappa shape index (κ1) is 16.8. The molecule has 2 aromatic carbocycles. The predicted octanol–water partition coefficient (Wildman–Crippen LogP) is 1.93. The standard InChI is InChI=1S/C20H13N5OS/c21-10-15-16-17(13-8-4-5-9-14(13)18(16)26)23-19(15)24-25-20(27)22-11-12-6-2-1-3-7-12/h1-9H,11H2,(H2,22,25,27)/b24-19+. The molecule has 0 fully saturated rings. The summed E-state index contributed by atoms with van der Waals surface area (Å²) in [7, 11) is 0. The van der Waals surface area contributed by atoms with E-state index in [1.54, 1.807) is 12.1 Å². The lowest BCUT2D eigenvalue weighted by Gasteiger charge is -2.06. The summed E-state index contributed by atoms with van der Waals surface area (Å²) in [5.74, 6) is 0. The normalized spacial score (nSPS) is 11.6. The number of hydrogen-bond acceptors (Lipinski definition) is 5. The number of aromatic nitrogens is 1. The molecule has 1 heterocycles. The van der Waals surface area contributed by atoms with Crippen molar-refractivity contribution in [3.05, 3.63) is 81.4 Å². The molecule has 4 rings (SSSR count). The molecule has 2 aliphatic rings. The van der Waals surface area contributed by atoms with Crippen molar-refractivity contribution in [1.82, 2.24) is 15.7 Å². The molecule has 0 unspecified atom stereocenters. The molecule has 6 nitrogen and oxygen atoms in total. The minimum Gasteiger partial charge on any atom is -0.357 e. The Morgan fingerprint density at radius 1 is 1.11 bits per heavy atom. The van der Waals surface area contributed by atoms with Crippen LogP contribution in [0, 0.1) is 11.3 Å². The van der Waals surface area contributed by atoms with Gasteiger partial charge in [-0.25, -0.2) is 4.98 Å². The molecule has 0 aromatic heterocycles. The SMILES string of the molecule is N#Cc1c2c(=O)c3ccccc3c-2n/c1=N/NC(=S)NCc1ccccc1. The van der Waals surface area contributed by atoms with Crippen LogP contribution in [0.5, 0.6) is 0 Å². The Hall–Kier alpha value is -3.63. The van der Waals surface area contributed by atoms with Crippen molar-refractivity contribution < 1.29 is 0 Å². The monoisotopic (exact) mass is 371 g/mol. The molecule has 1 aliphatic carbocycles. The predicted molar refractivity (Wildman–Crippen MR) is 106 cm³/mol. The second-order valence-corrected chi connectivity index (χ2v) is 6.32. The van der Waals surface area contributed by atoms with Gasteiger partial charge < -0.3 is 5.32 Å². The highest BCUT2D eigenvalue weighted by atomic mass is 32.1. The van der Waals surface area contributed by atoms with E-state index >= 15 is 0 Å². The van der Waals surface area contributed by atoms with Crippen LogP contribution in [-0.2, 0) is 6.54 Å². The zero-order valence-corrected chi connectivity index (χ0v) is 14.9. The van der Waals surface area contributed by atoms with Crippen molar-refractivity contribution in [3.8, 4) is 17.3 Å². The average molecular weight is 371 g/mol. The first-order valence-electron chi connectivity index (χ1n) is 8.22. The molecule has 0 saturated heterocycles. The lowest BCUT2D eigenvalue weighted by molar-refractivity contribution is 0.844. The third kappa shape index (κ3) is 3.03. The minimum atomic E-state index is -0.198. The van der Waals surface area contributed by atoms with E-state index in [1.165, 1.54) is 0 Å². The van der Waals surface area contributed by atoms with Gasteiger partial charge in [0.25, 0.3) is 0 Å². The number of benzene rings is 2. The topological polar surface area (TPSA) is 90.2 Å². The minimum absolute atomic E-state index is 0.157. The van der Waals surface area contributed by atoms with Crippen molar-refractivity contribution in [1.29, 1.82) is 5.26 Å². The third-order valence-corrected chi connectivity index (χ3v) is 4.49. The molecule has 2 N–H and O–H groups in total. The zero-order valence-electron chi connectivity index (χ0n) is 14.1. The molecule has 7 heteroatoms. The van der Waals surface area contributed by atoms with Gasteiger partial charge in [0, 0.05) is 17.3 Å². The van der Waals surface area contributed by atoms with Gasteiger partial charge in [0.05, 0.1) is 11.3 Å². The van der Waals surface area contributed by atoms with E-state index < -0.39 is 0 Å². The van der Waals surface area contributed by atoms with Crippen molar-refractivity contribution >= 4 is 28.1 Å². The summed E-state index contributed by atoms with van der Waals surface area (Å²) in [6.07, 6.45) is 0. The van der Waals surface area contributed by atoms with Gasteiger partial charge >= 0.3 is 0 Å². The van der Waals surface area contributed by atoms with Crippen LogP contribution in [0.2, 0.25) is 0 Å². The van der Waals surface area contributed by atoms with Crippen LogP contribution in [0.1, 0.15) is 11.1 Å². The molecule has 1 aliphatic heterocycles. The Bertz CT molecular complexity index is 1250. The van der Waals surface area contributed by atoms with Gasteiger partial charge in [-0.15, -0.1) is 0 Å². The Balaban J connectivity index is 1.62. The van der Waals surface area contributed by atoms with Crippen LogP contribution in [-0.4, -0.2) is 10.1 Å². The number of thiocarbonyl (C=S) groups is 1. The molecule has 27 heavy (non-hydrogen) atoms. The van der Waals surface area contributed by atoms with Gasteiger partial charge in [-0.05, 0) is 17.8 Å². The van der Waals surface area contributed by atoms with Gasteiger partial charge in [-0.3, -0.25) is 10.2 Å². The highest BCUT2D eigenvalue weighted by Gasteiger charge is 2.24. The van der Waals surface area contributed by atoms with E-state index in [0.29, 0.717) is 28.3 Å². The van der Waals surface area contributed by atoms with E-state index in [9.17, 15) is 10.1 Å². The first-order chi connectivity index (χ1) is 13.2. The lowest BCUT2D eigenvalue weighted by Crippen LogP contribution is -2.33. The number of nitrogens with zero attached hydrogens (tertiary/aromatic N) is 3.